The van der Waals surface area contributed by atoms with Crippen LogP contribution in [-0.4, -0.2) is 46.3 Å². The Balaban J connectivity index is 0.000000293. The van der Waals surface area contributed by atoms with Crippen LogP contribution in [0.1, 0.15) is 115 Å². The van der Waals surface area contributed by atoms with Crippen LogP contribution in [0.2, 0.25) is 0 Å². The summed E-state index contributed by atoms with van der Waals surface area (Å²) in [5.74, 6) is 1.77. The molecule has 0 aromatic heterocycles. The molecule has 9 heteroatoms. The van der Waals surface area contributed by atoms with E-state index in [0.29, 0.717) is 52.2 Å². The van der Waals surface area contributed by atoms with Gasteiger partial charge in [0.1, 0.15) is 17.6 Å². The van der Waals surface area contributed by atoms with Crippen molar-refractivity contribution in [2.45, 2.75) is 106 Å². The van der Waals surface area contributed by atoms with Crippen LogP contribution in [0, 0.1) is 35.5 Å². The van der Waals surface area contributed by atoms with E-state index in [1.807, 2.05) is 0 Å². The summed E-state index contributed by atoms with van der Waals surface area (Å²) in [6, 6.07) is 12.0. The third-order valence-electron chi connectivity index (χ3n) is 9.52. The first-order chi connectivity index (χ1) is 23.9. The van der Waals surface area contributed by atoms with E-state index >= 15 is 0 Å². The Labute approximate surface area is 304 Å². The Morgan fingerprint density at radius 1 is 0.667 bits per heavy atom. The molecule has 2 N–H and O–H groups in total. The van der Waals surface area contributed by atoms with Gasteiger partial charge in [0.25, 0.3) is 0 Å². The van der Waals surface area contributed by atoms with Gasteiger partial charge in [-0.1, -0.05) is 67.5 Å². The molecule has 6 atom stereocenters. The Kier molecular flexibility index (Phi) is 17.3. The number of carbonyl (C=O) groups is 4. The van der Waals surface area contributed by atoms with Gasteiger partial charge < -0.3 is 24.4 Å². The summed E-state index contributed by atoms with van der Waals surface area (Å²) in [7, 11) is 0. The van der Waals surface area contributed by atoms with Gasteiger partial charge in [0, 0.05) is 11.1 Å². The zero-order valence-corrected chi connectivity index (χ0v) is 31.6. The topological polar surface area (TPSA) is 136 Å². The highest BCUT2D eigenvalue weighted by molar-refractivity contribution is 5.91. The minimum atomic E-state index is -1.02. The van der Waals surface area contributed by atoms with Crippen LogP contribution in [0.5, 0.6) is 11.5 Å². The van der Waals surface area contributed by atoms with E-state index in [1.165, 1.54) is 50.5 Å². The number of rotatable bonds is 9. The molecule has 2 aromatic rings. The van der Waals surface area contributed by atoms with Crippen LogP contribution in [0.15, 0.2) is 72.8 Å². The molecule has 9 nitrogen and oxygen atoms in total. The van der Waals surface area contributed by atoms with Gasteiger partial charge in [-0.25, -0.2) is 19.2 Å². The predicted molar refractivity (Wildman–Crippen MR) is 199 cm³/mol. The fraction of sp³-hybridized carbons (Fsp3) is 0.524. The average molecular weight is 707 g/mol. The van der Waals surface area contributed by atoms with Crippen molar-refractivity contribution in [2.75, 3.05) is 0 Å². The maximum Gasteiger partial charge on any atom is 0.338 e. The van der Waals surface area contributed by atoms with Crippen molar-refractivity contribution in [2.24, 2.45) is 35.5 Å². The largest absolute Gasteiger partial charge is 0.478 e. The van der Waals surface area contributed by atoms with Gasteiger partial charge in [-0.05, 0) is 124 Å². The van der Waals surface area contributed by atoms with Gasteiger partial charge in [0.05, 0.1) is 17.2 Å². The smallest absolute Gasteiger partial charge is 0.338 e. The molecule has 2 aliphatic rings. The number of esters is 3. The number of carboxylic acids is 1. The molecule has 4 rings (SSSR count). The maximum atomic E-state index is 12.5. The lowest BCUT2D eigenvalue weighted by Crippen LogP contribution is -2.35. The number of carbonyl (C=O) groups excluding carboxylic acids is 3. The van der Waals surface area contributed by atoms with E-state index in [1.54, 1.807) is 31.2 Å². The quantitative estimate of drug-likeness (QED) is 0.149. The van der Waals surface area contributed by atoms with Crippen molar-refractivity contribution in [1.29, 1.82) is 0 Å². The molecule has 0 radical (unpaired) electrons. The van der Waals surface area contributed by atoms with Crippen molar-refractivity contribution in [3.05, 3.63) is 84.0 Å². The second kappa shape index (κ2) is 20.6. The van der Waals surface area contributed by atoms with Crippen LogP contribution in [0.3, 0.4) is 0 Å². The van der Waals surface area contributed by atoms with Gasteiger partial charge in [0.2, 0.25) is 0 Å². The fourth-order valence-electron chi connectivity index (χ4n) is 6.32. The molecule has 0 amide bonds. The zero-order chi connectivity index (χ0) is 38.4. The Bertz CT molecular complexity index is 1470. The third kappa shape index (κ3) is 14.5. The second-order valence-electron chi connectivity index (χ2n) is 14.9. The average Bonchev–Trinajstić information content (AvgIpc) is 3.05. The highest BCUT2D eigenvalue weighted by atomic mass is 16.5. The zero-order valence-electron chi connectivity index (χ0n) is 31.6. The van der Waals surface area contributed by atoms with E-state index in [2.05, 4.69) is 54.7 Å². The number of hydrogen-bond acceptors (Lipinski definition) is 8. The fourth-order valence-corrected chi connectivity index (χ4v) is 6.32. The first-order valence-electron chi connectivity index (χ1n) is 18.0. The molecule has 0 heterocycles. The third-order valence-corrected chi connectivity index (χ3v) is 9.52. The van der Waals surface area contributed by atoms with Crippen LogP contribution in [0.4, 0.5) is 0 Å². The van der Waals surface area contributed by atoms with Crippen LogP contribution < -0.4 is 9.47 Å². The Morgan fingerprint density at radius 3 is 1.47 bits per heavy atom. The molecule has 0 spiro atoms. The first kappa shape index (κ1) is 42.9. The standard InChI is InChI=1S/C21H28O4.C11H10O4.C10H20O/c1-13(2)18-11-6-15(5)12-19(18)25-21(23)16-7-9-17(10-8-16)24-20(22)14(3)4;1-7(2)11(14)15-9-5-3-8(4-6-9)10(12)13;1-7(2)9-5-4-8(3)6-10(9)11/h7-10,13,15,18-19H,3,6,11-12H2,1-2,4-5H3;3-6H,1H2,2H3,(H,12,13);7-11H,4-6H2,1-3H3. The number of aromatic carboxylic acids is 1. The van der Waals surface area contributed by atoms with E-state index in [0.717, 1.165) is 25.2 Å². The molecule has 2 saturated carbocycles. The van der Waals surface area contributed by atoms with Gasteiger partial charge in [-0.15, -0.1) is 0 Å². The van der Waals surface area contributed by atoms with Crippen LogP contribution in [0.25, 0.3) is 0 Å². The normalized spacial score (nSPS) is 22.6. The summed E-state index contributed by atoms with van der Waals surface area (Å²) in [5, 5.41) is 18.3. The van der Waals surface area contributed by atoms with Gasteiger partial charge in [0.15, 0.2) is 0 Å². The molecule has 6 unspecified atom stereocenters. The molecule has 0 bridgehead atoms. The lowest BCUT2D eigenvalue weighted by atomic mass is 9.75. The van der Waals surface area contributed by atoms with E-state index in [-0.39, 0.29) is 29.3 Å². The number of hydrogen-bond donors (Lipinski definition) is 2. The number of ether oxygens (including phenoxy) is 3. The van der Waals surface area contributed by atoms with Crippen molar-refractivity contribution < 1.29 is 43.6 Å². The summed E-state index contributed by atoms with van der Waals surface area (Å²) >= 11 is 0. The van der Waals surface area contributed by atoms with Crippen LogP contribution in [-0.2, 0) is 14.3 Å². The molecule has 51 heavy (non-hydrogen) atoms. The van der Waals surface area contributed by atoms with Crippen molar-refractivity contribution >= 4 is 23.9 Å². The summed E-state index contributed by atoms with van der Waals surface area (Å²) in [5.41, 5.74) is 1.23. The lowest BCUT2D eigenvalue weighted by molar-refractivity contribution is -0.130. The molecule has 0 aliphatic heterocycles. The van der Waals surface area contributed by atoms with Gasteiger partial charge in [-0.3, -0.25) is 0 Å². The minimum absolute atomic E-state index is 0.0289. The number of aliphatic hydroxyl groups is 1. The molecule has 2 aliphatic carbocycles. The Hall–Kier alpha value is -4.24. The molecular formula is C42H58O9. The molecule has 280 valence electrons. The monoisotopic (exact) mass is 706 g/mol. The Morgan fingerprint density at radius 2 is 1.08 bits per heavy atom. The minimum Gasteiger partial charge on any atom is -0.478 e. The van der Waals surface area contributed by atoms with Crippen molar-refractivity contribution in [1.82, 2.24) is 0 Å². The summed E-state index contributed by atoms with van der Waals surface area (Å²) < 4.78 is 15.8. The molecular weight excluding hydrogens is 648 g/mol. The second-order valence-corrected chi connectivity index (χ2v) is 14.9. The van der Waals surface area contributed by atoms with E-state index in [4.69, 9.17) is 19.3 Å². The van der Waals surface area contributed by atoms with Gasteiger partial charge in [-0.2, -0.15) is 0 Å². The summed E-state index contributed by atoms with van der Waals surface area (Å²) in [4.78, 5) is 45.6. The van der Waals surface area contributed by atoms with Crippen molar-refractivity contribution in [3.63, 3.8) is 0 Å². The van der Waals surface area contributed by atoms with E-state index < -0.39 is 17.9 Å². The summed E-state index contributed by atoms with van der Waals surface area (Å²) in [6.45, 7) is 23.3. The molecule has 2 fully saturated rings. The number of aliphatic hydroxyl groups excluding tert-OH is 1. The first-order valence-corrected chi connectivity index (χ1v) is 18.0. The number of benzene rings is 2. The molecule has 2 aromatic carbocycles. The van der Waals surface area contributed by atoms with Crippen molar-refractivity contribution in [3.8, 4) is 11.5 Å². The van der Waals surface area contributed by atoms with Crippen LogP contribution >= 0.6 is 0 Å². The maximum absolute atomic E-state index is 12.5. The molecule has 0 saturated heterocycles. The van der Waals surface area contributed by atoms with Gasteiger partial charge >= 0.3 is 23.9 Å². The summed E-state index contributed by atoms with van der Waals surface area (Å²) in [6.07, 6.45) is 6.70. The number of carboxylic acid groups (broad SMARTS) is 1. The SMILES string of the molecule is C=C(C)C(=O)Oc1ccc(C(=O)O)cc1.C=C(C)C(=O)Oc1ccc(C(=O)OC2CC(C)CCC2C(C)C)cc1.CC1CCC(C(C)C)C(O)C1. The highest BCUT2D eigenvalue weighted by Crippen LogP contribution is 2.36. The van der Waals surface area contributed by atoms with E-state index in [9.17, 15) is 24.3 Å². The highest BCUT2D eigenvalue weighted by Gasteiger charge is 2.33. The lowest BCUT2D eigenvalue weighted by Gasteiger charge is -2.36. The predicted octanol–water partition coefficient (Wildman–Crippen LogP) is 9.09.